The predicted octanol–water partition coefficient (Wildman–Crippen LogP) is 3.32. The number of fused-ring (bicyclic) bond motifs is 1. The molecule has 0 bridgehead atoms. The number of para-hydroxylation sites is 1. The van der Waals surface area contributed by atoms with E-state index in [1.807, 2.05) is 19.1 Å². The summed E-state index contributed by atoms with van der Waals surface area (Å²) in [6, 6.07) is 7.24. The molecule has 0 saturated heterocycles. The number of hydrogen-bond acceptors (Lipinski definition) is 4. The maximum absolute atomic E-state index is 12.1. The maximum atomic E-state index is 12.1. The molecule has 0 fully saturated rings. The molecule has 6 heteroatoms. The number of ether oxygens (including phenoxy) is 1. The largest absolute Gasteiger partial charge is 0.449 e. The monoisotopic (exact) mass is 290 g/mol. The SMILES string of the molecule is CCOC(=O)N1C=C(CC)[C@H](C[N+](=O)[O-])c2ccccc21. The molecule has 1 heterocycles. The Kier molecular flexibility index (Phi) is 4.57. The van der Waals surface area contributed by atoms with E-state index in [9.17, 15) is 14.9 Å². The van der Waals surface area contributed by atoms with E-state index in [0.29, 0.717) is 12.1 Å². The zero-order valence-electron chi connectivity index (χ0n) is 12.1. The minimum atomic E-state index is -0.463. The zero-order valence-corrected chi connectivity index (χ0v) is 12.1. The Balaban J connectivity index is 2.47. The first-order valence-corrected chi connectivity index (χ1v) is 6.95. The van der Waals surface area contributed by atoms with Gasteiger partial charge < -0.3 is 4.74 Å². The van der Waals surface area contributed by atoms with Crippen molar-refractivity contribution in [2.45, 2.75) is 26.2 Å². The Morgan fingerprint density at radius 3 is 2.71 bits per heavy atom. The average Bonchev–Trinajstić information content (AvgIpc) is 2.47. The van der Waals surface area contributed by atoms with Crippen molar-refractivity contribution in [3.63, 3.8) is 0 Å². The Morgan fingerprint density at radius 1 is 1.38 bits per heavy atom. The number of nitro groups is 1. The Morgan fingerprint density at radius 2 is 2.10 bits per heavy atom. The number of carbonyl (C=O) groups is 1. The van der Waals surface area contributed by atoms with Gasteiger partial charge in [-0.25, -0.2) is 4.79 Å². The van der Waals surface area contributed by atoms with Gasteiger partial charge in [0.25, 0.3) is 0 Å². The minimum Gasteiger partial charge on any atom is -0.449 e. The molecule has 0 saturated carbocycles. The van der Waals surface area contributed by atoms with Crippen LogP contribution in [0.15, 0.2) is 36.0 Å². The molecule has 1 aromatic rings. The van der Waals surface area contributed by atoms with Gasteiger partial charge in [-0.2, -0.15) is 0 Å². The lowest BCUT2D eigenvalue weighted by Crippen LogP contribution is -2.32. The van der Waals surface area contributed by atoms with Crippen LogP contribution in [0.2, 0.25) is 0 Å². The summed E-state index contributed by atoms with van der Waals surface area (Å²) in [5.74, 6) is -0.299. The third-order valence-corrected chi connectivity index (χ3v) is 3.52. The Hall–Kier alpha value is -2.37. The van der Waals surface area contributed by atoms with Gasteiger partial charge in [-0.3, -0.25) is 15.0 Å². The molecule has 2 rings (SSSR count). The highest BCUT2D eigenvalue weighted by Crippen LogP contribution is 2.39. The molecule has 1 aliphatic heterocycles. The molecular weight excluding hydrogens is 272 g/mol. The number of rotatable bonds is 4. The van der Waals surface area contributed by atoms with Crippen LogP contribution in [-0.2, 0) is 4.74 Å². The average molecular weight is 290 g/mol. The van der Waals surface area contributed by atoms with Gasteiger partial charge in [-0.15, -0.1) is 0 Å². The van der Waals surface area contributed by atoms with Crippen molar-refractivity contribution in [2.75, 3.05) is 18.1 Å². The van der Waals surface area contributed by atoms with E-state index in [2.05, 4.69) is 0 Å². The lowest BCUT2D eigenvalue weighted by Gasteiger charge is -2.31. The van der Waals surface area contributed by atoms with Crippen LogP contribution in [0.4, 0.5) is 10.5 Å². The number of amides is 1. The van der Waals surface area contributed by atoms with Crippen molar-refractivity contribution in [2.24, 2.45) is 0 Å². The van der Waals surface area contributed by atoms with E-state index in [1.54, 1.807) is 25.3 Å². The number of benzene rings is 1. The second-order valence-corrected chi connectivity index (χ2v) is 4.75. The normalized spacial score (nSPS) is 17.0. The van der Waals surface area contributed by atoms with Crippen molar-refractivity contribution >= 4 is 11.8 Å². The van der Waals surface area contributed by atoms with Gasteiger partial charge in [0.2, 0.25) is 6.54 Å². The van der Waals surface area contributed by atoms with Gasteiger partial charge in [0.05, 0.1) is 18.2 Å². The zero-order chi connectivity index (χ0) is 15.4. The molecule has 0 aromatic heterocycles. The fourth-order valence-corrected chi connectivity index (χ4v) is 2.57. The molecule has 1 aromatic carbocycles. The molecule has 0 unspecified atom stereocenters. The van der Waals surface area contributed by atoms with Crippen LogP contribution in [0.1, 0.15) is 31.7 Å². The van der Waals surface area contributed by atoms with Gasteiger partial charge >= 0.3 is 6.09 Å². The summed E-state index contributed by atoms with van der Waals surface area (Å²) in [5.41, 5.74) is 2.31. The van der Waals surface area contributed by atoms with Crippen LogP contribution in [-0.4, -0.2) is 24.2 Å². The smallest absolute Gasteiger partial charge is 0.418 e. The quantitative estimate of drug-likeness (QED) is 0.630. The lowest BCUT2D eigenvalue weighted by molar-refractivity contribution is -0.482. The summed E-state index contributed by atoms with van der Waals surface area (Å²) >= 11 is 0. The molecule has 6 nitrogen and oxygen atoms in total. The van der Waals surface area contributed by atoms with Crippen LogP contribution in [0.5, 0.6) is 0 Å². The summed E-state index contributed by atoms with van der Waals surface area (Å²) in [7, 11) is 0. The first-order chi connectivity index (χ1) is 10.1. The van der Waals surface area contributed by atoms with Crippen molar-refractivity contribution in [1.29, 1.82) is 0 Å². The number of carbonyl (C=O) groups excluding carboxylic acids is 1. The molecule has 1 amide bonds. The van der Waals surface area contributed by atoms with Gasteiger partial charge in [-0.1, -0.05) is 25.1 Å². The van der Waals surface area contributed by atoms with Crippen LogP contribution in [0, 0.1) is 10.1 Å². The van der Waals surface area contributed by atoms with Crippen molar-refractivity contribution < 1.29 is 14.5 Å². The van der Waals surface area contributed by atoms with E-state index in [1.165, 1.54) is 4.90 Å². The summed E-state index contributed by atoms with van der Waals surface area (Å²) in [5, 5.41) is 10.9. The van der Waals surface area contributed by atoms with E-state index < -0.39 is 6.09 Å². The number of anilines is 1. The highest BCUT2D eigenvalue weighted by Gasteiger charge is 2.32. The fourth-order valence-electron chi connectivity index (χ4n) is 2.57. The standard InChI is InChI=1S/C15H18N2O4/c1-3-11-9-16(15(18)21-4-2)14-8-6-5-7-12(14)13(11)10-17(19)20/h5-9,13H,3-4,10H2,1-2H3/t13-/m0/s1. The molecule has 0 aliphatic carbocycles. The number of nitrogens with zero attached hydrogens (tertiary/aromatic N) is 2. The second-order valence-electron chi connectivity index (χ2n) is 4.75. The van der Waals surface area contributed by atoms with Gasteiger partial charge in [0, 0.05) is 11.1 Å². The Labute approximate surface area is 123 Å². The number of hydrogen-bond donors (Lipinski definition) is 0. The molecule has 21 heavy (non-hydrogen) atoms. The minimum absolute atomic E-state index is 0.173. The highest BCUT2D eigenvalue weighted by molar-refractivity contribution is 5.92. The van der Waals surface area contributed by atoms with Crippen LogP contribution in [0.3, 0.4) is 0 Å². The van der Waals surface area contributed by atoms with E-state index in [-0.39, 0.29) is 24.0 Å². The predicted molar refractivity (Wildman–Crippen MR) is 78.9 cm³/mol. The van der Waals surface area contributed by atoms with Gasteiger partial charge in [-0.05, 0) is 30.5 Å². The molecular formula is C15H18N2O4. The lowest BCUT2D eigenvalue weighted by atomic mass is 9.86. The first-order valence-electron chi connectivity index (χ1n) is 6.95. The van der Waals surface area contributed by atoms with Crippen molar-refractivity contribution in [3.8, 4) is 0 Å². The van der Waals surface area contributed by atoms with Gasteiger partial charge in [0.1, 0.15) is 0 Å². The summed E-state index contributed by atoms with van der Waals surface area (Å²) in [6.07, 6.45) is 1.85. The van der Waals surface area contributed by atoms with Crippen LogP contribution < -0.4 is 4.90 Å². The van der Waals surface area contributed by atoms with E-state index in [4.69, 9.17) is 4.74 Å². The summed E-state index contributed by atoms with van der Waals surface area (Å²) in [6.45, 7) is 3.78. The van der Waals surface area contributed by atoms with Crippen LogP contribution >= 0.6 is 0 Å². The summed E-state index contributed by atoms with van der Waals surface area (Å²) in [4.78, 5) is 24.1. The second kappa shape index (κ2) is 6.39. The maximum Gasteiger partial charge on any atom is 0.418 e. The third-order valence-electron chi connectivity index (χ3n) is 3.52. The van der Waals surface area contributed by atoms with Crippen molar-refractivity contribution in [3.05, 3.63) is 51.7 Å². The summed E-state index contributed by atoms with van der Waals surface area (Å²) < 4.78 is 5.06. The third kappa shape index (κ3) is 3.04. The molecule has 0 spiro atoms. The molecule has 0 radical (unpaired) electrons. The van der Waals surface area contributed by atoms with E-state index in [0.717, 1.165) is 11.1 Å². The van der Waals surface area contributed by atoms with Gasteiger partial charge in [0.15, 0.2) is 0 Å². The first kappa shape index (κ1) is 15.0. The van der Waals surface area contributed by atoms with Crippen LogP contribution in [0.25, 0.3) is 0 Å². The molecule has 1 aliphatic rings. The molecule has 0 N–H and O–H groups in total. The molecule has 112 valence electrons. The molecule has 1 atom stereocenters. The topological polar surface area (TPSA) is 72.7 Å². The fraction of sp³-hybridized carbons (Fsp3) is 0.400. The highest BCUT2D eigenvalue weighted by atomic mass is 16.6. The van der Waals surface area contributed by atoms with E-state index >= 15 is 0 Å². The van der Waals surface area contributed by atoms with Crippen molar-refractivity contribution in [1.82, 2.24) is 0 Å². The Bertz CT molecular complexity index is 583.